The van der Waals surface area contributed by atoms with Gasteiger partial charge in [-0.3, -0.25) is 4.98 Å². The average Bonchev–Trinajstić information content (AvgIpc) is 2.92. The van der Waals surface area contributed by atoms with Gasteiger partial charge in [-0.25, -0.2) is 0 Å². The van der Waals surface area contributed by atoms with Gasteiger partial charge < -0.3 is 25.6 Å². The second-order valence-corrected chi connectivity index (χ2v) is 9.93. The standard InChI is InChI=1S/C29H39N3O3/c1-35-24-9-10-26-25(18-24)28(23(19-30)20-31-26)27(34)11-12-29(21-33)13-16-32(17-14-29)15-5-8-22-6-3-2-4-7-22/h2-4,6-7,9-10,18,20,27,33-34H,5,8,11-17,19,21,30H2,1H3/t27-/m1/s1. The van der Waals surface area contributed by atoms with Gasteiger partial charge in [0.1, 0.15) is 5.75 Å². The van der Waals surface area contributed by atoms with E-state index in [1.165, 1.54) is 5.56 Å². The lowest BCUT2D eigenvalue weighted by Gasteiger charge is -2.41. The molecule has 1 aliphatic rings. The maximum absolute atomic E-state index is 11.3. The van der Waals surface area contributed by atoms with E-state index in [2.05, 4.69) is 40.2 Å². The molecule has 1 atom stereocenters. The number of piperidine rings is 1. The first-order chi connectivity index (χ1) is 17.1. The van der Waals surface area contributed by atoms with Crippen LogP contribution in [0.15, 0.2) is 54.7 Å². The van der Waals surface area contributed by atoms with Crippen LogP contribution in [0.4, 0.5) is 0 Å². The quantitative estimate of drug-likeness (QED) is 0.383. The van der Waals surface area contributed by atoms with Crippen molar-refractivity contribution < 1.29 is 14.9 Å². The fraction of sp³-hybridized carbons (Fsp3) is 0.483. The number of aliphatic hydroxyl groups is 2. The number of aliphatic hydroxyl groups excluding tert-OH is 2. The number of benzene rings is 2. The number of hydrogen-bond donors (Lipinski definition) is 3. The first-order valence-corrected chi connectivity index (χ1v) is 12.8. The number of ether oxygens (including phenoxy) is 1. The molecule has 1 fully saturated rings. The van der Waals surface area contributed by atoms with Gasteiger partial charge in [-0.15, -0.1) is 0 Å². The maximum Gasteiger partial charge on any atom is 0.119 e. The highest BCUT2D eigenvalue weighted by atomic mass is 16.5. The molecular formula is C29H39N3O3. The number of fused-ring (bicyclic) bond motifs is 1. The Bertz CT molecular complexity index is 1080. The summed E-state index contributed by atoms with van der Waals surface area (Å²) in [5, 5.41) is 22.5. The van der Waals surface area contributed by atoms with Crippen molar-refractivity contribution in [2.45, 2.75) is 51.2 Å². The number of hydrogen-bond acceptors (Lipinski definition) is 6. The van der Waals surface area contributed by atoms with E-state index in [0.717, 1.165) is 79.5 Å². The normalized spacial score (nSPS) is 16.9. The van der Waals surface area contributed by atoms with Crippen LogP contribution >= 0.6 is 0 Å². The van der Waals surface area contributed by atoms with Crippen LogP contribution in [0.1, 0.15) is 54.9 Å². The van der Waals surface area contributed by atoms with Gasteiger partial charge in [-0.1, -0.05) is 30.3 Å². The van der Waals surface area contributed by atoms with Crippen LogP contribution in [0.25, 0.3) is 10.9 Å². The lowest BCUT2D eigenvalue weighted by molar-refractivity contribution is 0.0233. The van der Waals surface area contributed by atoms with E-state index in [0.29, 0.717) is 13.0 Å². The van der Waals surface area contributed by atoms with E-state index in [9.17, 15) is 10.2 Å². The number of rotatable bonds is 11. The first-order valence-electron chi connectivity index (χ1n) is 12.8. The molecule has 3 aromatic rings. The molecule has 4 N–H and O–H groups in total. The van der Waals surface area contributed by atoms with Crippen molar-refractivity contribution in [2.24, 2.45) is 11.1 Å². The molecule has 35 heavy (non-hydrogen) atoms. The molecule has 2 aromatic carbocycles. The Morgan fingerprint density at radius 2 is 1.91 bits per heavy atom. The number of nitrogens with two attached hydrogens (primary N) is 1. The molecule has 0 unspecified atom stereocenters. The molecule has 0 saturated carbocycles. The second kappa shape index (κ2) is 12.0. The molecule has 6 nitrogen and oxygen atoms in total. The van der Waals surface area contributed by atoms with Gasteiger partial charge in [-0.05, 0) is 98.5 Å². The van der Waals surface area contributed by atoms with E-state index in [1.54, 1.807) is 13.3 Å². The lowest BCUT2D eigenvalue weighted by Crippen LogP contribution is -2.42. The molecule has 6 heteroatoms. The van der Waals surface area contributed by atoms with Crippen molar-refractivity contribution in [2.75, 3.05) is 33.4 Å². The van der Waals surface area contributed by atoms with Crippen molar-refractivity contribution in [3.8, 4) is 5.75 Å². The summed E-state index contributed by atoms with van der Waals surface area (Å²) in [6.07, 6.45) is 6.62. The zero-order valence-corrected chi connectivity index (χ0v) is 20.8. The minimum absolute atomic E-state index is 0.139. The van der Waals surface area contributed by atoms with Crippen molar-refractivity contribution in [1.29, 1.82) is 0 Å². The van der Waals surface area contributed by atoms with Crippen molar-refractivity contribution >= 4 is 10.9 Å². The molecule has 4 rings (SSSR count). The first kappa shape index (κ1) is 25.6. The fourth-order valence-electron chi connectivity index (χ4n) is 5.39. The molecule has 188 valence electrons. The largest absolute Gasteiger partial charge is 0.497 e. The zero-order valence-electron chi connectivity index (χ0n) is 20.8. The highest BCUT2D eigenvalue weighted by molar-refractivity contribution is 5.85. The molecule has 1 aliphatic heterocycles. The van der Waals surface area contributed by atoms with Gasteiger partial charge in [0.2, 0.25) is 0 Å². The maximum atomic E-state index is 11.3. The van der Waals surface area contributed by atoms with E-state index >= 15 is 0 Å². The summed E-state index contributed by atoms with van der Waals surface area (Å²) in [4.78, 5) is 7.03. The molecule has 0 bridgehead atoms. The number of aromatic nitrogens is 1. The number of aryl methyl sites for hydroxylation is 1. The fourth-order valence-corrected chi connectivity index (χ4v) is 5.39. The van der Waals surface area contributed by atoms with Crippen LogP contribution in [-0.2, 0) is 13.0 Å². The van der Waals surface area contributed by atoms with E-state index in [-0.39, 0.29) is 12.0 Å². The van der Waals surface area contributed by atoms with Gasteiger partial charge in [-0.2, -0.15) is 0 Å². The Morgan fingerprint density at radius 3 is 2.60 bits per heavy atom. The Hall–Kier alpha value is -2.51. The lowest BCUT2D eigenvalue weighted by atomic mass is 9.74. The van der Waals surface area contributed by atoms with E-state index in [1.807, 2.05) is 18.2 Å². The summed E-state index contributed by atoms with van der Waals surface area (Å²) < 4.78 is 5.40. The molecule has 1 aromatic heterocycles. The molecule has 0 spiro atoms. The minimum Gasteiger partial charge on any atom is -0.497 e. The van der Waals surface area contributed by atoms with Crippen molar-refractivity contribution in [3.63, 3.8) is 0 Å². The van der Waals surface area contributed by atoms with Crippen LogP contribution in [0, 0.1) is 5.41 Å². The molecule has 0 radical (unpaired) electrons. The highest BCUT2D eigenvalue weighted by Crippen LogP contribution is 2.39. The summed E-state index contributed by atoms with van der Waals surface area (Å²) in [6.45, 7) is 3.55. The Kier molecular flexibility index (Phi) is 8.74. The SMILES string of the molecule is COc1ccc2ncc(CN)c([C@H](O)CCC3(CO)CCN(CCCc4ccccc4)CC3)c2c1. The Balaban J connectivity index is 1.36. The summed E-state index contributed by atoms with van der Waals surface area (Å²) in [5.74, 6) is 0.730. The van der Waals surface area contributed by atoms with Crippen LogP contribution in [0.2, 0.25) is 0 Å². The van der Waals surface area contributed by atoms with E-state index in [4.69, 9.17) is 10.5 Å². The summed E-state index contributed by atoms with van der Waals surface area (Å²) in [5.41, 5.74) is 9.76. The van der Waals surface area contributed by atoms with Gasteiger partial charge in [0.15, 0.2) is 0 Å². The highest BCUT2D eigenvalue weighted by Gasteiger charge is 2.34. The average molecular weight is 478 g/mol. The molecular weight excluding hydrogens is 438 g/mol. The van der Waals surface area contributed by atoms with Gasteiger partial charge in [0, 0.05) is 24.7 Å². The molecule has 1 saturated heterocycles. The predicted molar refractivity (Wildman–Crippen MR) is 140 cm³/mol. The van der Waals surface area contributed by atoms with Crippen molar-refractivity contribution in [1.82, 2.24) is 9.88 Å². The van der Waals surface area contributed by atoms with Crippen molar-refractivity contribution in [3.05, 3.63) is 71.4 Å². The summed E-state index contributed by atoms with van der Waals surface area (Å²) >= 11 is 0. The van der Waals surface area contributed by atoms with Gasteiger partial charge >= 0.3 is 0 Å². The Labute approximate surface area is 208 Å². The minimum atomic E-state index is -0.668. The summed E-state index contributed by atoms with van der Waals surface area (Å²) in [7, 11) is 1.64. The molecule has 2 heterocycles. The van der Waals surface area contributed by atoms with Crippen LogP contribution in [-0.4, -0.2) is 53.4 Å². The number of likely N-dealkylation sites (tertiary alicyclic amines) is 1. The topological polar surface area (TPSA) is 91.8 Å². The number of methoxy groups -OCH3 is 1. The van der Waals surface area contributed by atoms with Crippen LogP contribution in [0.5, 0.6) is 5.75 Å². The Morgan fingerprint density at radius 1 is 1.14 bits per heavy atom. The third kappa shape index (κ3) is 6.19. The van der Waals surface area contributed by atoms with Crippen LogP contribution in [0.3, 0.4) is 0 Å². The number of nitrogens with zero attached hydrogens (tertiary/aromatic N) is 2. The third-order valence-electron chi connectivity index (χ3n) is 7.74. The van der Waals surface area contributed by atoms with Gasteiger partial charge in [0.05, 0.1) is 18.7 Å². The van der Waals surface area contributed by atoms with Crippen LogP contribution < -0.4 is 10.5 Å². The second-order valence-electron chi connectivity index (χ2n) is 9.93. The monoisotopic (exact) mass is 477 g/mol. The zero-order chi connectivity index (χ0) is 24.7. The van der Waals surface area contributed by atoms with Gasteiger partial charge in [0.25, 0.3) is 0 Å². The molecule has 0 amide bonds. The summed E-state index contributed by atoms with van der Waals surface area (Å²) in [6, 6.07) is 16.4. The predicted octanol–water partition coefficient (Wildman–Crippen LogP) is 4.22. The molecule has 0 aliphatic carbocycles. The smallest absolute Gasteiger partial charge is 0.119 e. The number of pyridine rings is 1. The third-order valence-corrected chi connectivity index (χ3v) is 7.74. The van der Waals surface area contributed by atoms with E-state index < -0.39 is 6.10 Å².